The van der Waals surface area contributed by atoms with E-state index in [-0.39, 0.29) is 11.9 Å². The van der Waals surface area contributed by atoms with Gasteiger partial charge in [0, 0.05) is 9.86 Å². The number of hydrogen-bond donors (Lipinski definition) is 1. The monoisotopic (exact) mass is 614 g/mol. The number of benzene rings is 2. The molecule has 0 radical (unpaired) electrons. The maximum atomic E-state index is 12.4. The topological polar surface area (TPSA) is 73.1 Å². The molecule has 6 nitrogen and oxygen atoms in total. The van der Waals surface area contributed by atoms with E-state index in [1.807, 2.05) is 38.1 Å². The van der Waals surface area contributed by atoms with Crippen LogP contribution in [0.4, 0.5) is 0 Å². The van der Waals surface area contributed by atoms with E-state index in [1.54, 1.807) is 6.07 Å². The van der Waals surface area contributed by atoms with Gasteiger partial charge in [0.2, 0.25) is 0 Å². The minimum atomic E-state index is -0.448. The highest BCUT2D eigenvalue weighted by Crippen LogP contribution is 2.37. The molecule has 0 aliphatic heterocycles. The van der Waals surface area contributed by atoms with Crippen molar-refractivity contribution < 1.29 is 18.7 Å². The summed E-state index contributed by atoms with van der Waals surface area (Å²) >= 11 is 10.4. The fraction of sp³-hybridized carbons (Fsp3) is 0.273. The third-order valence-electron chi connectivity index (χ3n) is 4.36. The quantitative estimate of drug-likeness (QED) is 0.217. The van der Waals surface area contributed by atoms with Crippen LogP contribution in [0.5, 0.6) is 11.5 Å². The Balaban J connectivity index is 1.77. The number of hydrazone groups is 1. The normalized spacial score (nSPS) is 12.3. The van der Waals surface area contributed by atoms with Crippen molar-refractivity contribution in [1.29, 1.82) is 0 Å². The lowest BCUT2D eigenvalue weighted by Crippen LogP contribution is -2.16. The third kappa shape index (κ3) is 5.90. The van der Waals surface area contributed by atoms with Gasteiger partial charge in [-0.3, -0.25) is 4.79 Å². The summed E-state index contributed by atoms with van der Waals surface area (Å²) in [6.45, 7) is 6.47. The zero-order valence-electron chi connectivity index (χ0n) is 17.2. The first-order valence-corrected chi connectivity index (χ1v) is 12.0. The van der Waals surface area contributed by atoms with Gasteiger partial charge < -0.3 is 13.9 Å². The van der Waals surface area contributed by atoms with Crippen molar-refractivity contribution in [2.45, 2.75) is 33.3 Å². The van der Waals surface area contributed by atoms with Gasteiger partial charge in [0.15, 0.2) is 17.3 Å². The highest BCUT2D eigenvalue weighted by atomic mass is 79.9. The van der Waals surface area contributed by atoms with Crippen LogP contribution >= 0.6 is 47.8 Å². The average molecular weight is 617 g/mol. The number of halogens is 3. The summed E-state index contributed by atoms with van der Waals surface area (Å²) in [6, 6.07) is 9.07. The molecule has 0 bridgehead atoms. The fourth-order valence-corrected chi connectivity index (χ4v) is 4.62. The van der Waals surface area contributed by atoms with Crippen LogP contribution in [0.1, 0.15) is 43.3 Å². The number of carbonyl (C=O) groups is 1. The summed E-state index contributed by atoms with van der Waals surface area (Å²) in [5.74, 6) is 0.977. The molecule has 0 saturated carbocycles. The van der Waals surface area contributed by atoms with Crippen LogP contribution in [0, 0.1) is 0 Å². The zero-order valence-corrected chi connectivity index (χ0v) is 21.9. The minimum Gasteiger partial charge on any atom is -0.490 e. The first-order valence-electron chi connectivity index (χ1n) is 9.67. The van der Waals surface area contributed by atoms with Crippen molar-refractivity contribution in [2.75, 3.05) is 6.61 Å². The van der Waals surface area contributed by atoms with Gasteiger partial charge in [0.05, 0.1) is 27.9 Å². The number of nitrogens with zero attached hydrogens (tertiary/aromatic N) is 1. The molecule has 0 aliphatic carbocycles. The Morgan fingerprint density at radius 2 is 1.94 bits per heavy atom. The summed E-state index contributed by atoms with van der Waals surface area (Å²) in [4.78, 5) is 12.4. The van der Waals surface area contributed by atoms with Gasteiger partial charge in [-0.2, -0.15) is 5.10 Å². The molecule has 31 heavy (non-hydrogen) atoms. The molecule has 1 amide bonds. The molecule has 0 aliphatic rings. The highest BCUT2D eigenvalue weighted by Gasteiger charge is 2.16. The molecule has 164 valence electrons. The first kappa shape index (κ1) is 23.8. The standard InChI is InChI=1S/C22H21Br3N2O4/c1-4-12(3)30-21-16(24)6-13(7-18(21)29-5-2)11-26-27-22(28)19-9-14-8-15(23)10-17(25)20(14)31-19/h6-12H,4-5H2,1-3H3,(H,27,28)/b26-11-. The molecular formula is C22H21Br3N2O4. The van der Waals surface area contributed by atoms with Crippen LogP contribution in [0.15, 0.2) is 53.3 Å². The van der Waals surface area contributed by atoms with Crippen LogP contribution in [0.2, 0.25) is 0 Å². The lowest BCUT2D eigenvalue weighted by Gasteiger charge is -2.18. The largest absolute Gasteiger partial charge is 0.490 e. The van der Waals surface area contributed by atoms with E-state index in [0.29, 0.717) is 23.7 Å². The van der Waals surface area contributed by atoms with E-state index < -0.39 is 5.91 Å². The molecular weight excluding hydrogens is 596 g/mol. The van der Waals surface area contributed by atoms with Crippen LogP contribution in [0.25, 0.3) is 11.0 Å². The second-order valence-electron chi connectivity index (χ2n) is 6.72. The van der Waals surface area contributed by atoms with Crippen molar-refractivity contribution in [3.8, 4) is 11.5 Å². The Morgan fingerprint density at radius 3 is 2.65 bits per heavy atom. The maximum Gasteiger partial charge on any atom is 0.307 e. The molecule has 0 saturated heterocycles. The van der Waals surface area contributed by atoms with Crippen LogP contribution in [0.3, 0.4) is 0 Å². The molecule has 1 atom stereocenters. The zero-order chi connectivity index (χ0) is 22.5. The van der Waals surface area contributed by atoms with Gasteiger partial charge in [-0.05, 0) is 88.0 Å². The SMILES string of the molecule is CCOc1cc(/C=N\NC(=O)c2cc3cc(Br)cc(Br)c3o2)cc(Br)c1OC(C)CC. The highest BCUT2D eigenvalue weighted by molar-refractivity contribution is 9.11. The van der Waals surface area contributed by atoms with Crippen molar-refractivity contribution in [3.05, 3.63) is 55.1 Å². The second kappa shape index (κ2) is 10.7. The van der Waals surface area contributed by atoms with Crippen molar-refractivity contribution in [3.63, 3.8) is 0 Å². The van der Waals surface area contributed by atoms with Crippen LogP contribution < -0.4 is 14.9 Å². The Kier molecular flexibility index (Phi) is 8.18. The lowest BCUT2D eigenvalue weighted by atomic mass is 10.2. The number of furan rings is 1. The summed E-state index contributed by atoms with van der Waals surface area (Å²) in [7, 11) is 0. The van der Waals surface area contributed by atoms with Gasteiger partial charge in [0.1, 0.15) is 5.58 Å². The van der Waals surface area contributed by atoms with Crippen molar-refractivity contribution in [1.82, 2.24) is 5.43 Å². The van der Waals surface area contributed by atoms with E-state index in [2.05, 4.69) is 65.2 Å². The molecule has 1 heterocycles. The molecule has 3 rings (SSSR count). The number of rotatable bonds is 8. The Bertz CT molecular complexity index is 1130. The summed E-state index contributed by atoms with van der Waals surface area (Å²) in [5.41, 5.74) is 3.83. The Morgan fingerprint density at radius 1 is 1.16 bits per heavy atom. The van der Waals surface area contributed by atoms with E-state index in [4.69, 9.17) is 13.9 Å². The van der Waals surface area contributed by atoms with E-state index >= 15 is 0 Å². The van der Waals surface area contributed by atoms with E-state index in [0.717, 1.165) is 30.8 Å². The van der Waals surface area contributed by atoms with Gasteiger partial charge in [0.25, 0.3) is 0 Å². The van der Waals surface area contributed by atoms with Gasteiger partial charge in [-0.15, -0.1) is 0 Å². The smallest absolute Gasteiger partial charge is 0.307 e. The van der Waals surface area contributed by atoms with Crippen LogP contribution in [-0.2, 0) is 0 Å². The molecule has 0 fully saturated rings. The molecule has 1 N–H and O–H groups in total. The fourth-order valence-electron chi connectivity index (χ4n) is 2.73. The van der Waals surface area contributed by atoms with Crippen molar-refractivity contribution in [2.24, 2.45) is 5.10 Å². The average Bonchev–Trinajstić information content (AvgIpc) is 3.15. The Labute approximate surface area is 205 Å². The number of fused-ring (bicyclic) bond motifs is 1. The van der Waals surface area contributed by atoms with E-state index in [9.17, 15) is 4.79 Å². The van der Waals surface area contributed by atoms with Gasteiger partial charge in [-0.1, -0.05) is 22.9 Å². The molecule has 2 aromatic carbocycles. The maximum absolute atomic E-state index is 12.4. The lowest BCUT2D eigenvalue weighted by molar-refractivity contribution is 0.0929. The molecule has 3 aromatic rings. The number of nitrogens with one attached hydrogen (secondary N) is 1. The molecule has 1 unspecified atom stereocenters. The number of carbonyl (C=O) groups excluding carboxylic acids is 1. The van der Waals surface area contributed by atoms with Crippen LogP contribution in [-0.4, -0.2) is 24.8 Å². The molecule has 1 aromatic heterocycles. The molecule has 9 heteroatoms. The summed E-state index contributed by atoms with van der Waals surface area (Å²) in [5, 5.41) is 4.86. The number of ether oxygens (including phenoxy) is 2. The van der Waals surface area contributed by atoms with Crippen molar-refractivity contribution >= 4 is 70.9 Å². The number of amides is 1. The van der Waals surface area contributed by atoms with Gasteiger partial charge >= 0.3 is 5.91 Å². The minimum absolute atomic E-state index is 0.0544. The summed E-state index contributed by atoms with van der Waals surface area (Å²) < 4.78 is 19.7. The molecule has 0 spiro atoms. The predicted octanol–water partition coefficient (Wildman–Crippen LogP) is 7.06. The van der Waals surface area contributed by atoms with Gasteiger partial charge in [-0.25, -0.2) is 5.43 Å². The third-order valence-corrected chi connectivity index (χ3v) is 6.00. The Hall–Kier alpha value is -1.84. The number of hydrogen-bond acceptors (Lipinski definition) is 5. The summed E-state index contributed by atoms with van der Waals surface area (Å²) in [6.07, 6.45) is 2.47. The first-order chi connectivity index (χ1) is 14.8. The second-order valence-corrected chi connectivity index (χ2v) is 9.34. The van der Waals surface area contributed by atoms with E-state index in [1.165, 1.54) is 6.21 Å². The predicted molar refractivity (Wildman–Crippen MR) is 132 cm³/mol.